The molecule has 2 aromatic rings. The lowest BCUT2D eigenvalue weighted by molar-refractivity contribution is 0.786. The average molecular weight is 291 g/mol. The Morgan fingerprint density at radius 2 is 2.32 bits per heavy atom. The number of aryl methyl sites for hydroxylation is 1. The molecule has 0 spiro atoms. The molecular formula is C14H17N3S2. The lowest BCUT2D eigenvalue weighted by Gasteiger charge is -2.15. The molecule has 0 aliphatic heterocycles. The molecular weight excluding hydrogens is 274 g/mol. The van der Waals surface area contributed by atoms with Gasteiger partial charge in [-0.25, -0.2) is 4.98 Å². The molecule has 0 bridgehead atoms. The van der Waals surface area contributed by atoms with E-state index in [-0.39, 0.29) is 0 Å². The van der Waals surface area contributed by atoms with Gasteiger partial charge in [-0.05, 0) is 54.8 Å². The van der Waals surface area contributed by atoms with Crippen molar-refractivity contribution in [3.05, 3.63) is 45.8 Å². The van der Waals surface area contributed by atoms with Crippen LogP contribution in [0.2, 0.25) is 0 Å². The highest BCUT2D eigenvalue weighted by molar-refractivity contribution is 7.80. The number of nitrogens with two attached hydrogens (primary N) is 1. The Balaban J connectivity index is 2.08. The Morgan fingerprint density at radius 1 is 1.53 bits per heavy atom. The highest BCUT2D eigenvalue weighted by Crippen LogP contribution is 2.14. The number of hydrogen-bond acceptors (Lipinski definition) is 4. The summed E-state index contributed by atoms with van der Waals surface area (Å²) in [5, 5.41) is 7.66. The number of anilines is 1. The second-order valence-electron chi connectivity index (χ2n) is 4.63. The molecule has 0 saturated carbocycles. The zero-order chi connectivity index (χ0) is 13.8. The van der Waals surface area contributed by atoms with E-state index in [9.17, 15) is 0 Å². The van der Waals surface area contributed by atoms with Crippen molar-refractivity contribution < 1.29 is 0 Å². The first-order chi connectivity index (χ1) is 9.04. The van der Waals surface area contributed by atoms with Gasteiger partial charge in [0.25, 0.3) is 0 Å². The summed E-state index contributed by atoms with van der Waals surface area (Å²) >= 11 is 6.73. The van der Waals surface area contributed by atoms with Crippen molar-refractivity contribution in [2.45, 2.75) is 26.3 Å². The summed E-state index contributed by atoms with van der Waals surface area (Å²) in [6.07, 6.45) is 0.974. The van der Waals surface area contributed by atoms with Gasteiger partial charge in [-0.3, -0.25) is 0 Å². The zero-order valence-electron chi connectivity index (χ0n) is 11.0. The first kappa shape index (κ1) is 14.0. The van der Waals surface area contributed by atoms with Crippen LogP contribution in [0.15, 0.2) is 29.0 Å². The molecule has 2 aromatic heterocycles. The standard InChI is InChI=1S/C14H17N3S2/c1-9(5-11-3-4-19-8-11)16-13-7-12(14(15)18)6-10(2)17-13/h3-4,6-9H,5H2,1-2H3,(H2,15,18)(H,16,17). The van der Waals surface area contributed by atoms with Gasteiger partial charge in [0.05, 0.1) is 0 Å². The smallest absolute Gasteiger partial charge is 0.127 e. The van der Waals surface area contributed by atoms with Crippen molar-refractivity contribution in [1.82, 2.24) is 4.98 Å². The fraction of sp³-hybridized carbons (Fsp3) is 0.286. The van der Waals surface area contributed by atoms with E-state index in [1.165, 1.54) is 5.56 Å². The van der Waals surface area contributed by atoms with Crippen LogP contribution in [-0.4, -0.2) is 16.0 Å². The summed E-state index contributed by atoms with van der Waals surface area (Å²) in [5.41, 5.74) is 8.78. The Hall–Kier alpha value is -1.46. The van der Waals surface area contributed by atoms with Crippen LogP contribution in [0.1, 0.15) is 23.7 Å². The number of pyridine rings is 1. The van der Waals surface area contributed by atoms with Gasteiger partial charge in [-0.2, -0.15) is 11.3 Å². The molecule has 0 radical (unpaired) electrons. The summed E-state index contributed by atoms with van der Waals surface area (Å²) in [7, 11) is 0. The van der Waals surface area contributed by atoms with E-state index in [0.29, 0.717) is 11.0 Å². The summed E-state index contributed by atoms with van der Waals surface area (Å²) in [6, 6.07) is 6.26. The lowest BCUT2D eigenvalue weighted by Crippen LogP contribution is -2.19. The Bertz CT molecular complexity index is 564. The maximum atomic E-state index is 5.67. The number of rotatable bonds is 5. The highest BCUT2D eigenvalue weighted by atomic mass is 32.1. The molecule has 100 valence electrons. The number of thiocarbonyl (C=S) groups is 1. The topological polar surface area (TPSA) is 50.9 Å². The first-order valence-corrected chi connectivity index (χ1v) is 7.46. The van der Waals surface area contributed by atoms with Gasteiger partial charge in [-0.15, -0.1) is 0 Å². The molecule has 0 aromatic carbocycles. The third-order valence-electron chi connectivity index (χ3n) is 2.75. The van der Waals surface area contributed by atoms with E-state index >= 15 is 0 Å². The molecule has 0 amide bonds. The molecule has 19 heavy (non-hydrogen) atoms. The van der Waals surface area contributed by atoms with Crippen LogP contribution in [0.3, 0.4) is 0 Å². The maximum absolute atomic E-state index is 5.67. The minimum Gasteiger partial charge on any atom is -0.389 e. The summed E-state index contributed by atoms with van der Waals surface area (Å²) < 4.78 is 0. The second kappa shape index (κ2) is 6.12. The molecule has 2 heterocycles. The van der Waals surface area contributed by atoms with E-state index in [1.54, 1.807) is 11.3 Å². The van der Waals surface area contributed by atoms with E-state index in [4.69, 9.17) is 18.0 Å². The van der Waals surface area contributed by atoms with Gasteiger partial charge in [0.15, 0.2) is 0 Å². The Morgan fingerprint density at radius 3 is 2.95 bits per heavy atom. The lowest BCUT2D eigenvalue weighted by atomic mass is 10.1. The van der Waals surface area contributed by atoms with E-state index in [1.807, 2.05) is 19.1 Å². The van der Waals surface area contributed by atoms with Crippen LogP contribution in [-0.2, 0) is 6.42 Å². The second-order valence-corrected chi connectivity index (χ2v) is 5.85. The van der Waals surface area contributed by atoms with Gasteiger partial charge >= 0.3 is 0 Å². The van der Waals surface area contributed by atoms with E-state index < -0.39 is 0 Å². The number of aromatic nitrogens is 1. The highest BCUT2D eigenvalue weighted by Gasteiger charge is 2.07. The van der Waals surface area contributed by atoms with Crippen molar-refractivity contribution in [3.63, 3.8) is 0 Å². The molecule has 5 heteroatoms. The largest absolute Gasteiger partial charge is 0.389 e. The third kappa shape index (κ3) is 4.01. The number of hydrogen-bond donors (Lipinski definition) is 2. The van der Waals surface area contributed by atoms with Gasteiger partial charge in [0, 0.05) is 17.3 Å². The van der Waals surface area contributed by atoms with Gasteiger partial charge in [-0.1, -0.05) is 12.2 Å². The van der Waals surface area contributed by atoms with Crippen molar-refractivity contribution in [2.75, 3.05) is 5.32 Å². The van der Waals surface area contributed by atoms with Crippen molar-refractivity contribution in [2.24, 2.45) is 5.73 Å². The molecule has 2 rings (SSSR count). The van der Waals surface area contributed by atoms with E-state index in [2.05, 4.69) is 34.1 Å². The number of thiophene rings is 1. The van der Waals surface area contributed by atoms with Crippen LogP contribution in [0.5, 0.6) is 0 Å². The fourth-order valence-electron chi connectivity index (χ4n) is 1.95. The molecule has 1 unspecified atom stereocenters. The Labute approximate surface area is 122 Å². The van der Waals surface area contributed by atoms with Gasteiger partial charge in [0.2, 0.25) is 0 Å². The van der Waals surface area contributed by atoms with Crippen LogP contribution in [0.4, 0.5) is 5.82 Å². The SMILES string of the molecule is Cc1cc(C(N)=S)cc(NC(C)Cc2ccsc2)n1. The molecule has 1 atom stereocenters. The van der Waals surface area contributed by atoms with Gasteiger partial charge in [0.1, 0.15) is 10.8 Å². The molecule has 0 saturated heterocycles. The third-order valence-corrected chi connectivity index (χ3v) is 3.72. The van der Waals surface area contributed by atoms with Crippen LogP contribution < -0.4 is 11.1 Å². The summed E-state index contributed by atoms with van der Waals surface area (Å²) in [5.74, 6) is 0.825. The van der Waals surface area contributed by atoms with Crippen LogP contribution >= 0.6 is 23.6 Å². The molecule has 0 aliphatic rings. The number of nitrogens with one attached hydrogen (secondary N) is 1. The fourth-order valence-corrected chi connectivity index (χ4v) is 2.75. The van der Waals surface area contributed by atoms with Crippen molar-refractivity contribution in [1.29, 1.82) is 0 Å². The minimum atomic E-state index is 0.308. The molecule has 3 N–H and O–H groups in total. The van der Waals surface area contributed by atoms with Crippen molar-refractivity contribution in [3.8, 4) is 0 Å². The van der Waals surface area contributed by atoms with E-state index in [0.717, 1.165) is 23.5 Å². The minimum absolute atomic E-state index is 0.308. The average Bonchev–Trinajstić information content (AvgIpc) is 2.80. The maximum Gasteiger partial charge on any atom is 0.127 e. The zero-order valence-corrected chi connectivity index (χ0v) is 12.6. The normalized spacial score (nSPS) is 12.1. The van der Waals surface area contributed by atoms with Crippen molar-refractivity contribution >= 4 is 34.4 Å². The van der Waals surface area contributed by atoms with Crippen LogP contribution in [0, 0.1) is 6.92 Å². The summed E-state index contributed by atoms with van der Waals surface area (Å²) in [6.45, 7) is 4.08. The predicted molar refractivity (Wildman–Crippen MR) is 86.0 cm³/mol. The first-order valence-electron chi connectivity index (χ1n) is 6.10. The van der Waals surface area contributed by atoms with Gasteiger partial charge < -0.3 is 11.1 Å². The molecule has 0 fully saturated rings. The Kier molecular flexibility index (Phi) is 4.50. The number of nitrogens with zero attached hydrogens (tertiary/aromatic N) is 1. The predicted octanol–water partition coefficient (Wildman–Crippen LogP) is 3.13. The monoisotopic (exact) mass is 291 g/mol. The molecule has 0 aliphatic carbocycles. The quantitative estimate of drug-likeness (QED) is 0.831. The molecule has 3 nitrogen and oxygen atoms in total. The van der Waals surface area contributed by atoms with Crippen LogP contribution in [0.25, 0.3) is 0 Å². The summed E-state index contributed by atoms with van der Waals surface area (Å²) in [4.78, 5) is 4.86.